The van der Waals surface area contributed by atoms with Crippen LogP contribution in [-0.4, -0.2) is 37.2 Å². The minimum absolute atomic E-state index is 0.00563. The molecule has 0 saturated heterocycles. The minimum Gasteiger partial charge on any atom is -0.495 e. The van der Waals surface area contributed by atoms with E-state index in [0.717, 1.165) is 0 Å². The lowest BCUT2D eigenvalue weighted by molar-refractivity contribution is -0.136. The summed E-state index contributed by atoms with van der Waals surface area (Å²) in [6, 6.07) is 3.12. The van der Waals surface area contributed by atoms with E-state index in [9.17, 15) is 9.59 Å². The molecule has 112 valence electrons. The van der Waals surface area contributed by atoms with E-state index in [0.29, 0.717) is 16.0 Å². The van der Waals surface area contributed by atoms with Gasteiger partial charge < -0.3 is 19.3 Å². The SMILES string of the molecule is CCOC(C(=O)O)=C1COc2cc(OC)c(Br)cc2C1=O. The Kier molecular flexibility index (Phi) is 4.52. The Hall–Kier alpha value is -2.02. The Labute approximate surface area is 129 Å². The first-order chi connectivity index (χ1) is 9.99. The van der Waals surface area contributed by atoms with Gasteiger partial charge in [0, 0.05) is 6.07 Å². The van der Waals surface area contributed by atoms with Crippen LogP contribution >= 0.6 is 15.9 Å². The van der Waals surface area contributed by atoms with Crippen LogP contribution in [0.1, 0.15) is 17.3 Å². The van der Waals surface area contributed by atoms with Crippen LogP contribution in [0, 0.1) is 0 Å². The normalized spacial score (nSPS) is 15.9. The van der Waals surface area contributed by atoms with Crippen molar-refractivity contribution in [2.45, 2.75) is 6.92 Å². The smallest absolute Gasteiger partial charge is 0.371 e. The third-order valence-electron chi connectivity index (χ3n) is 2.90. The monoisotopic (exact) mass is 356 g/mol. The number of methoxy groups -OCH3 is 1. The number of benzene rings is 1. The molecular formula is C14H13BrO6. The molecule has 1 aromatic rings. The van der Waals surface area contributed by atoms with Gasteiger partial charge in [0.15, 0.2) is 5.78 Å². The number of halogens is 1. The summed E-state index contributed by atoms with van der Waals surface area (Å²) in [6.45, 7) is 1.64. The van der Waals surface area contributed by atoms with Gasteiger partial charge in [0.1, 0.15) is 18.1 Å². The summed E-state index contributed by atoms with van der Waals surface area (Å²) in [6.07, 6.45) is 0. The van der Waals surface area contributed by atoms with E-state index >= 15 is 0 Å². The quantitative estimate of drug-likeness (QED) is 0.658. The molecule has 1 N–H and O–H groups in total. The van der Waals surface area contributed by atoms with Crippen molar-refractivity contribution < 1.29 is 28.9 Å². The highest BCUT2D eigenvalue weighted by molar-refractivity contribution is 9.10. The number of Topliss-reactive ketones (excluding diaryl/α,β-unsaturated/α-hetero) is 1. The van der Waals surface area contributed by atoms with Gasteiger partial charge in [-0.25, -0.2) is 4.79 Å². The number of carboxylic acids is 1. The molecule has 0 aliphatic carbocycles. The number of carbonyl (C=O) groups is 2. The summed E-state index contributed by atoms with van der Waals surface area (Å²) in [5, 5.41) is 9.14. The molecule has 0 atom stereocenters. The Morgan fingerprint density at radius 1 is 1.48 bits per heavy atom. The maximum absolute atomic E-state index is 12.4. The molecule has 1 aliphatic rings. The van der Waals surface area contributed by atoms with Gasteiger partial charge >= 0.3 is 5.97 Å². The highest BCUT2D eigenvalue weighted by Crippen LogP contribution is 2.37. The summed E-state index contributed by atoms with van der Waals surface area (Å²) >= 11 is 3.28. The van der Waals surface area contributed by atoms with E-state index in [1.165, 1.54) is 7.11 Å². The molecule has 0 radical (unpaired) electrons. The van der Waals surface area contributed by atoms with Crippen molar-refractivity contribution in [2.24, 2.45) is 0 Å². The van der Waals surface area contributed by atoms with Crippen molar-refractivity contribution in [1.29, 1.82) is 0 Å². The van der Waals surface area contributed by atoms with Crippen molar-refractivity contribution in [3.63, 3.8) is 0 Å². The summed E-state index contributed by atoms with van der Waals surface area (Å²) in [7, 11) is 1.50. The second-order valence-corrected chi connectivity index (χ2v) is 5.00. The lowest BCUT2D eigenvalue weighted by atomic mass is 9.99. The summed E-state index contributed by atoms with van der Waals surface area (Å²) in [5.74, 6) is -1.22. The summed E-state index contributed by atoms with van der Waals surface area (Å²) in [5.41, 5.74) is 0.260. The highest BCUT2D eigenvalue weighted by atomic mass is 79.9. The molecule has 21 heavy (non-hydrogen) atoms. The van der Waals surface area contributed by atoms with Gasteiger partial charge in [-0.1, -0.05) is 0 Å². The van der Waals surface area contributed by atoms with Crippen LogP contribution in [0.3, 0.4) is 0 Å². The maximum atomic E-state index is 12.4. The Bertz CT molecular complexity index is 635. The average molecular weight is 357 g/mol. The molecule has 1 heterocycles. The third-order valence-corrected chi connectivity index (χ3v) is 3.52. The molecule has 7 heteroatoms. The van der Waals surface area contributed by atoms with Crippen LogP contribution < -0.4 is 9.47 Å². The van der Waals surface area contributed by atoms with Crippen LogP contribution in [0.25, 0.3) is 0 Å². The number of carbonyl (C=O) groups excluding carboxylic acids is 1. The number of hydrogen-bond donors (Lipinski definition) is 1. The van der Waals surface area contributed by atoms with Crippen molar-refractivity contribution in [1.82, 2.24) is 0 Å². The van der Waals surface area contributed by atoms with Gasteiger partial charge in [-0.3, -0.25) is 4.79 Å². The zero-order valence-electron chi connectivity index (χ0n) is 11.4. The predicted molar refractivity (Wildman–Crippen MR) is 76.8 cm³/mol. The lowest BCUT2D eigenvalue weighted by Crippen LogP contribution is -2.24. The van der Waals surface area contributed by atoms with Gasteiger partial charge in [-0.05, 0) is 28.9 Å². The average Bonchev–Trinajstić information content (AvgIpc) is 2.45. The van der Waals surface area contributed by atoms with Gasteiger partial charge in [-0.2, -0.15) is 0 Å². The van der Waals surface area contributed by atoms with Crippen molar-refractivity contribution >= 4 is 27.7 Å². The molecule has 0 fully saturated rings. The van der Waals surface area contributed by atoms with Crippen LogP contribution in [0.5, 0.6) is 11.5 Å². The molecule has 0 aromatic heterocycles. The van der Waals surface area contributed by atoms with Gasteiger partial charge in [0.25, 0.3) is 0 Å². The first-order valence-corrected chi connectivity index (χ1v) is 6.93. The molecule has 0 unspecified atom stereocenters. The lowest BCUT2D eigenvalue weighted by Gasteiger charge is -2.21. The minimum atomic E-state index is -1.29. The van der Waals surface area contributed by atoms with Gasteiger partial charge in [-0.15, -0.1) is 0 Å². The zero-order valence-corrected chi connectivity index (χ0v) is 13.0. The molecule has 0 saturated carbocycles. The number of rotatable bonds is 4. The topological polar surface area (TPSA) is 82.1 Å². The molecule has 1 aromatic carbocycles. The Morgan fingerprint density at radius 3 is 2.76 bits per heavy atom. The summed E-state index contributed by atoms with van der Waals surface area (Å²) in [4.78, 5) is 23.6. The largest absolute Gasteiger partial charge is 0.495 e. The van der Waals surface area contributed by atoms with E-state index in [1.807, 2.05) is 0 Å². The fourth-order valence-electron chi connectivity index (χ4n) is 1.96. The third kappa shape index (κ3) is 2.87. The first-order valence-electron chi connectivity index (χ1n) is 6.13. The van der Waals surface area contributed by atoms with Crippen LogP contribution in [0.4, 0.5) is 0 Å². The van der Waals surface area contributed by atoms with Crippen molar-refractivity contribution in [3.05, 3.63) is 33.5 Å². The Balaban J connectivity index is 2.52. The van der Waals surface area contributed by atoms with Gasteiger partial charge in [0.2, 0.25) is 5.76 Å². The number of hydrogen-bond acceptors (Lipinski definition) is 5. The standard InChI is InChI=1S/C14H13BrO6/c1-3-20-13(14(17)18)8-6-21-10-5-11(19-2)9(15)4-7(10)12(8)16/h4-5H,3,6H2,1-2H3,(H,17,18). The number of aliphatic carboxylic acids is 1. The molecule has 0 amide bonds. The van der Waals surface area contributed by atoms with Crippen molar-refractivity contribution in [2.75, 3.05) is 20.3 Å². The van der Waals surface area contributed by atoms with E-state index in [2.05, 4.69) is 15.9 Å². The molecule has 6 nitrogen and oxygen atoms in total. The Morgan fingerprint density at radius 2 is 2.19 bits per heavy atom. The second kappa shape index (κ2) is 6.17. The number of ketones is 1. The van der Waals surface area contributed by atoms with Crippen LogP contribution in [-0.2, 0) is 9.53 Å². The highest BCUT2D eigenvalue weighted by Gasteiger charge is 2.31. The maximum Gasteiger partial charge on any atom is 0.371 e. The molecule has 2 rings (SSSR count). The molecule has 1 aliphatic heterocycles. The zero-order chi connectivity index (χ0) is 15.6. The number of fused-ring (bicyclic) bond motifs is 1. The van der Waals surface area contributed by atoms with E-state index < -0.39 is 11.8 Å². The predicted octanol–water partition coefficient (Wildman–Crippen LogP) is 2.41. The number of carboxylic acid groups (broad SMARTS) is 1. The van der Waals surface area contributed by atoms with Crippen LogP contribution in [0.2, 0.25) is 0 Å². The molecular weight excluding hydrogens is 344 g/mol. The number of ether oxygens (including phenoxy) is 3. The molecule has 0 spiro atoms. The van der Waals surface area contributed by atoms with Crippen LogP contribution in [0.15, 0.2) is 27.9 Å². The van der Waals surface area contributed by atoms with E-state index in [-0.39, 0.29) is 30.1 Å². The fourth-order valence-corrected chi connectivity index (χ4v) is 2.46. The van der Waals surface area contributed by atoms with Gasteiger partial charge in [0.05, 0.1) is 29.3 Å². The first kappa shape index (κ1) is 15.4. The summed E-state index contributed by atoms with van der Waals surface area (Å²) < 4.78 is 16.2. The van der Waals surface area contributed by atoms with E-state index in [1.54, 1.807) is 19.1 Å². The second-order valence-electron chi connectivity index (χ2n) is 4.15. The fraction of sp³-hybridized carbons (Fsp3) is 0.286. The van der Waals surface area contributed by atoms with Crippen molar-refractivity contribution in [3.8, 4) is 11.5 Å². The van der Waals surface area contributed by atoms with E-state index in [4.69, 9.17) is 19.3 Å². The molecule has 0 bridgehead atoms.